The average Bonchev–Trinajstić information content (AvgIpc) is 3.09. The fourth-order valence-corrected chi connectivity index (χ4v) is 3.35. The Balaban J connectivity index is 1.74. The number of ether oxygens (including phenoxy) is 2. The van der Waals surface area contributed by atoms with Crippen LogP contribution in [-0.4, -0.2) is 41.3 Å². The van der Waals surface area contributed by atoms with E-state index in [0.717, 1.165) is 0 Å². The van der Waals surface area contributed by atoms with Gasteiger partial charge in [-0.3, -0.25) is 19.2 Å². The lowest BCUT2D eigenvalue weighted by molar-refractivity contribution is -0.164. The summed E-state index contributed by atoms with van der Waals surface area (Å²) in [5, 5.41) is 5.42. The van der Waals surface area contributed by atoms with Crippen molar-refractivity contribution >= 4 is 40.8 Å². The van der Waals surface area contributed by atoms with Gasteiger partial charge in [0.25, 0.3) is 11.5 Å². The van der Waals surface area contributed by atoms with Crippen LogP contribution in [0.3, 0.4) is 0 Å². The Morgan fingerprint density at radius 1 is 1.34 bits per heavy atom. The van der Waals surface area contributed by atoms with Crippen LogP contribution in [0.4, 0.5) is 11.4 Å². The highest BCUT2D eigenvalue weighted by Gasteiger charge is 2.37. The molecule has 0 radical (unpaired) electrons. The number of halogens is 1. The van der Waals surface area contributed by atoms with Crippen molar-refractivity contribution < 1.29 is 23.9 Å². The number of hydrogen-bond acceptors (Lipinski definition) is 7. The van der Waals surface area contributed by atoms with Gasteiger partial charge in [-0.25, -0.2) is 0 Å². The van der Waals surface area contributed by atoms with E-state index in [4.69, 9.17) is 26.8 Å². The van der Waals surface area contributed by atoms with Gasteiger partial charge in [-0.1, -0.05) is 11.6 Å². The predicted molar refractivity (Wildman–Crippen MR) is 117 cm³/mol. The average molecular weight is 463 g/mol. The quantitative estimate of drug-likeness (QED) is 0.419. The summed E-state index contributed by atoms with van der Waals surface area (Å²) in [5.41, 5.74) is 5.60. The predicted octanol–water partition coefficient (Wildman–Crippen LogP) is 1.69. The van der Waals surface area contributed by atoms with Crippen molar-refractivity contribution in [3.05, 3.63) is 57.5 Å². The second-order valence-electron chi connectivity index (χ2n) is 7.13. The first-order valence-electron chi connectivity index (χ1n) is 9.90. The van der Waals surface area contributed by atoms with E-state index in [-0.39, 0.29) is 22.7 Å². The number of anilines is 2. The van der Waals surface area contributed by atoms with E-state index in [1.165, 1.54) is 48.0 Å². The first-order chi connectivity index (χ1) is 15.2. The molecule has 10 nitrogen and oxygen atoms in total. The molecule has 1 fully saturated rings. The molecule has 0 saturated carbocycles. The van der Waals surface area contributed by atoms with Crippen LogP contribution in [0.5, 0.6) is 0 Å². The van der Waals surface area contributed by atoms with E-state index in [2.05, 4.69) is 10.6 Å². The summed E-state index contributed by atoms with van der Waals surface area (Å²) in [6.07, 6.45) is 0.523. The van der Waals surface area contributed by atoms with Gasteiger partial charge in [0.15, 0.2) is 0 Å². The molecule has 2 heterocycles. The number of nitrogens with two attached hydrogens (primary N) is 1. The van der Waals surface area contributed by atoms with Gasteiger partial charge in [-0.15, -0.1) is 0 Å². The summed E-state index contributed by atoms with van der Waals surface area (Å²) in [7, 11) is 0. The Bertz CT molecular complexity index is 1100. The van der Waals surface area contributed by atoms with Crippen LogP contribution < -0.4 is 21.9 Å². The smallest absolute Gasteiger partial charge is 0.310 e. The molecule has 32 heavy (non-hydrogen) atoms. The largest absolute Gasteiger partial charge is 0.433 e. The van der Waals surface area contributed by atoms with Crippen molar-refractivity contribution in [1.29, 1.82) is 0 Å². The molecule has 170 valence electrons. The minimum absolute atomic E-state index is 0.0170. The highest BCUT2D eigenvalue weighted by atomic mass is 35.5. The number of benzene rings is 1. The number of carbonyl (C=O) groups is 3. The van der Waals surface area contributed by atoms with Gasteiger partial charge in [0, 0.05) is 18.4 Å². The van der Waals surface area contributed by atoms with Crippen molar-refractivity contribution in [2.24, 2.45) is 0 Å². The van der Waals surface area contributed by atoms with Gasteiger partial charge in [0.05, 0.1) is 17.1 Å². The van der Waals surface area contributed by atoms with E-state index in [1.807, 2.05) is 0 Å². The SMILES string of the molecule is CCOC1OC(=O)C[C@@H]1NC(=O)[C@H](C)n1cccc(NC(=O)c2ccc(N)c(Cl)c2)c1=O. The number of hydrogen-bond donors (Lipinski definition) is 3. The molecule has 2 amide bonds. The maximum absolute atomic E-state index is 12.9. The normalized spacial score (nSPS) is 18.7. The zero-order valence-corrected chi connectivity index (χ0v) is 18.2. The minimum atomic E-state index is -0.928. The molecule has 0 bridgehead atoms. The maximum Gasteiger partial charge on any atom is 0.310 e. The molecule has 3 atom stereocenters. The van der Waals surface area contributed by atoms with Gasteiger partial charge in [0.2, 0.25) is 12.2 Å². The number of nitrogens with zero attached hydrogens (tertiary/aromatic N) is 1. The molecule has 1 aromatic heterocycles. The van der Waals surface area contributed by atoms with Crippen molar-refractivity contribution in [2.45, 2.75) is 38.6 Å². The number of pyridine rings is 1. The zero-order chi connectivity index (χ0) is 23.4. The molecule has 3 rings (SSSR count). The second-order valence-corrected chi connectivity index (χ2v) is 7.54. The van der Waals surface area contributed by atoms with Crippen LogP contribution in [-0.2, 0) is 19.1 Å². The number of carbonyl (C=O) groups excluding carboxylic acids is 3. The summed E-state index contributed by atoms with van der Waals surface area (Å²) in [5.74, 6) is -1.54. The third kappa shape index (κ3) is 5.09. The molecule has 1 aliphatic heterocycles. The molecule has 11 heteroatoms. The first-order valence-corrected chi connectivity index (χ1v) is 10.3. The van der Waals surface area contributed by atoms with E-state index >= 15 is 0 Å². The molecule has 1 saturated heterocycles. The standard InChI is InChI=1S/C21H23ClN4O6/c1-3-31-21-16(10-17(27)32-21)25-18(28)11(2)26-8-4-5-15(20(26)30)24-19(29)12-6-7-14(23)13(22)9-12/h4-9,11,16,21H,3,10,23H2,1-2H3,(H,24,29)(H,25,28)/t11-,16-,21?/m0/s1. The van der Waals surface area contributed by atoms with Crippen LogP contribution >= 0.6 is 11.6 Å². The van der Waals surface area contributed by atoms with E-state index in [9.17, 15) is 19.2 Å². The number of nitrogens with one attached hydrogen (secondary N) is 2. The highest BCUT2D eigenvalue weighted by molar-refractivity contribution is 6.33. The number of esters is 1. The van der Waals surface area contributed by atoms with E-state index < -0.39 is 41.7 Å². The van der Waals surface area contributed by atoms with Gasteiger partial charge < -0.3 is 30.4 Å². The fourth-order valence-electron chi connectivity index (χ4n) is 3.17. The van der Waals surface area contributed by atoms with Gasteiger partial charge in [0.1, 0.15) is 17.8 Å². The topological polar surface area (TPSA) is 142 Å². The molecule has 0 aliphatic carbocycles. The molecule has 1 aliphatic rings. The molecule has 1 unspecified atom stereocenters. The Morgan fingerprint density at radius 3 is 2.78 bits per heavy atom. The van der Waals surface area contributed by atoms with E-state index in [1.54, 1.807) is 6.92 Å². The van der Waals surface area contributed by atoms with Crippen LogP contribution in [0, 0.1) is 0 Å². The third-order valence-corrected chi connectivity index (χ3v) is 5.23. The summed E-state index contributed by atoms with van der Waals surface area (Å²) in [6, 6.07) is 5.73. The zero-order valence-electron chi connectivity index (χ0n) is 17.5. The fraction of sp³-hybridized carbons (Fsp3) is 0.333. The Hall–Kier alpha value is -3.37. The second kappa shape index (κ2) is 9.84. The number of rotatable bonds is 7. The van der Waals surface area contributed by atoms with Gasteiger partial charge in [-0.2, -0.15) is 0 Å². The Labute approximate surface area is 188 Å². The first kappa shape index (κ1) is 23.3. The van der Waals surface area contributed by atoms with Crippen molar-refractivity contribution in [3.63, 3.8) is 0 Å². The van der Waals surface area contributed by atoms with Crippen LogP contribution in [0.2, 0.25) is 5.02 Å². The maximum atomic E-state index is 12.9. The number of amides is 2. The molecule has 2 aromatic rings. The lowest BCUT2D eigenvalue weighted by Gasteiger charge is -2.21. The van der Waals surface area contributed by atoms with Crippen molar-refractivity contribution in [1.82, 2.24) is 9.88 Å². The summed E-state index contributed by atoms with van der Waals surface area (Å²) >= 11 is 5.95. The van der Waals surface area contributed by atoms with Crippen molar-refractivity contribution in [3.8, 4) is 0 Å². The molecular formula is C21H23ClN4O6. The molecule has 4 N–H and O–H groups in total. The number of cyclic esters (lactones) is 1. The Kier molecular flexibility index (Phi) is 7.16. The monoisotopic (exact) mass is 462 g/mol. The Morgan fingerprint density at radius 2 is 2.09 bits per heavy atom. The molecule has 0 spiro atoms. The summed E-state index contributed by atoms with van der Waals surface area (Å²) < 4.78 is 11.5. The summed E-state index contributed by atoms with van der Waals surface area (Å²) in [6.45, 7) is 3.57. The van der Waals surface area contributed by atoms with Gasteiger partial charge >= 0.3 is 5.97 Å². The van der Waals surface area contributed by atoms with E-state index in [0.29, 0.717) is 12.3 Å². The van der Waals surface area contributed by atoms with Crippen molar-refractivity contribution in [2.75, 3.05) is 17.7 Å². The highest BCUT2D eigenvalue weighted by Crippen LogP contribution is 2.20. The number of aromatic nitrogens is 1. The third-order valence-electron chi connectivity index (χ3n) is 4.90. The number of nitrogen functional groups attached to an aromatic ring is 1. The molecular weight excluding hydrogens is 440 g/mol. The van der Waals surface area contributed by atoms with Crippen LogP contribution in [0.25, 0.3) is 0 Å². The summed E-state index contributed by atoms with van der Waals surface area (Å²) in [4.78, 5) is 49.7. The lowest BCUT2D eigenvalue weighted by atomic mass is 10.2. The lowest BCUT2D eigenvalue weighted by Crippen LogP contribution is -2.45. The minimum Gasteiger partial charge on any atom is -0.433 e. The van der Waals surface area contributed by atoms with Crippen LogP contribution in [0.15, 0.2) is 41.3 Å². The molecule has 1 aromatic carbocycles. The van der Waals surface area contributed by atoms with Gasteiger partial charge in [-0.05, 0) is 44.2 Å². The van der Waals surface area contributed by atoms with Crippen LogP contribution in [0.1, 0.15) is 36.7 Å².